The summed E-state index contributed by atoms with van der Waals surface area (Å²) in [5.74, 6) is 0.0145. The molecular weight excluding hydrogens is 194 g/mol. The van der Waals surface area contributed by atoms with E-state index in [2.05, 4.69) is 4.90 Å². The summed E-state index contributed by atoms with van der Waals surface area (Å²) in [5.41, 5.74) is -0.831. The topological polar surface area (TPSA) is 49.8 Å². The third-order valence-corrected chi connectivity index (χ3v) is 3.60. The summed E-state index contributed by atoms with van der Waals surface area (Å²) in [5, 5.41) is 10.4. The van der Waals surface area contributed by atoms with Crippen molar-refractivity contribution in [2.75, 3.05) is 26.2 Å². The van der Waals surface area contributed by atoms with Crippen molar-refractivity contribution in [3.8, 4) is 0 Å². The van der Waals surface area contributed by atoms with Crippen LogP contribution in [0, 0.1) is 5.92 Å². The van der Waals surface area contributed by atoms with Gasteiger partial charge in [-0.2, -0.15) is 0 Å². The molecule has 1 atom stereocenters. The molecule has 0 aliphatic carbocycles. The quantitative estimate of drug-likeness (QED) is 0.689. The molecule has 0 saturated carbocycles. The number of rotatable bonds is 3. The Balaban J connectivity index is 1.97. The van der Waals surface area contributed by atoms with Gasteiger partial charge < -0.3 is 14.7 Å². The minimum Gasteiger partial charge on any atom is -0.466 e. The van der Waals surface area contributed by atoms with Gasteiger partial charge in [-0.25, -0.2) is 0 Å². The molecule has 4 heteroatoms. The molecule has 3 saturated heterocycles. The summed E-state index contributed by atoms with van der Waals surface area (Å²) in [4.78, 5) is 13.6. The Morgan fingerprint density at radius 1 is 1.53 bits per heavy atom. The molecule has 3 aliphatic heterocycles. The SMILES string of the molecule is CCOC(=O)C[C@]1(O)CN2CCC1CC2. The third kappa shape index (κ3) is 2.16. The Labute approximate surface area is 90.2 Å². The highest BCUT2D eigenvalue weighted by Gasteiger charge is 2.46. The number of hydrogen-bond donors (Lipinski definition) is 1. The van der Waals surface area contributed by atoms with Crippen LogP contribution in [0.5, 0.6) is 0 Å². The van der Waals surface area contributed by atoms with E-state index in [-0.39, 0.29) is 18.3 Å². The van der Waals surface area contributed by atoms with Crippen LogP contribution in [0.15, 0.2) is 0 Å². The molecule has 0 amide bonds. The summed E-state index contributed by atoms with van der Waals surface area (Å²) in [6, 6.07) is 0. The second-order valence-corrected chi connectivity index (χ2v) is 4.64. The number of ether oxygens (including phenoxy) is 1. The van der Waals surface area contributed by atoms with Crippen LogP contribution in [0.2, 0.25) is 0 Å². The molecule has 0 aromatic rings. The number of fused-ring (bicyclic) bond motifs is 3. The van der Waals surface area contributed by atoms with Gasteiger partial charge in [-0.15, -0.1) is 0 Å². The third-order valence-electron chi connectivity index (χ3n) is 3.60. The lowest BCUT2D eigenvalue weighted by Gasteiger charge is -2.50. The van der Waals surface area contributed by atoms with Crippen molar-refractivity contribution in [2.24, 2.45) is 5.92 Å². The number of aliphatic hydroxyl groups is 1. The second-order valence-electron chi connectivity index (χ2n) is 4.64. The lowest BCUT2D eigenvalue weighted by molar-refractivity contribution is -0.161. The predicted molar refractivity (Wildman–Crippen MR) is 55.4 cm³/mol. The molecule has 86 valence electrons. The zero-order valence-electron chi connectivity index (χ0n) is 9.24. The van der Waals surface area contributed by atoms with Gasteiger partial charge in [0.15, 0.2) is 0 Å². The van der Waals surface area contributed by atoms with E-state index >= 15 is 0 Å². The van der Waals surface area contributed by atoms with Crippen LogP contribution in [-0.4, -0.2) is 47.8 Å². The first-order valence-electron chi connectivity index (χ1n) is 5.74. The minimum absolute atomic E-state index is 0.155. The molecule has 0 spiro atoms. The fourth-order valence-electron chi connectivity index (χ4n) is 2.81. The lowest BCUT2D eigenvalue weighted by atomic mass is 9.74. The van der Waals surface area contributed by atoms with Crippen molar-refractivity contribution in [1.82, 2.24) is 4.90 Å². The van der Waals surface area contributed by atoms with Gasteiger partial charge in [-0.3, -0.25) is 4.79 Å². The van der Waals surface area contributed by atoms with Crippen molar-refractivity contribution in [1.29, 1.82) is 0 Å². The highest BCUT2D eigenvalue weighted by molar-refractivity contribution is 5.70. The summed E-state index contributed by atoms with van der Waals surface area (Å²) in [6.07, 6.45) is 2.17. The van der Waals surface area contributed by atoms with Crippen molar-refractivity contribution in [2.45, 2.75) is 31.8 Å². The molecule has 0 unspecified atom stereocenters. The fourth-order valence-corrected chi connectivity index (χ4v) is 2.81. The average Bonchev–Trinajstić information content (AvgIpc) is 2.18. The molecule has 0 aromatic heterocycles. The summed E-state index contributed by atoms with van der Waals surface area (Å²) in [6.45, 7) is 4.95. The maximum atomic E-state index is 11.4. The van der Waals surface area contributed by atoms with Crippen molar-refractivity contribution in [3.05, 3.63) is 0 Å². The molecule has 2 bridgehead atoms. The Kier molecular flexibility index (Phi) is 2.98. The van der Waals surface area contributed by atoms with E-state index in [0.29, 0.717) is 13.2 Å². The maximum Gasteiger partial charge on any atom is 0.308 e. The monoisotopic (exact) mass is 213 g/mol. The number of carbonyl (C=O) groups excluding carboxylic acids is 1. The van der Waals surface area contributed by atoms with E-state index < -0.39 is 5.60 Å². The van der Waals surface area contributed by atoms with Gasteiger partial charge in [0.05, 0.1) is 18.6 Å². The molecule has 4 nitrogen and oxygen atoms in total. The lowest BCUT2D eigenvalue weighted by Crippen LogP contribution is -2.59. The van der Waals surface area contributed by atoms with E-state index in [1.165, 1.54) is 0 Å². The number of piperidine rings is 3. The standard InChI is InChI=1S/C11H19NO3/c1-2-15-10(13)7-11(14)8-12-5-3-9(11)4-6-12/h9,14H,2-8H2,1H3/t11-/m0/s1. The van der Waals surface area contributed by atoms with Crippen LogP contribution >= 0.6 is 0 Å². The first-order chi connectivity index (χ1) is 7.14. The maximum absolute atomic E-state index is 11.4. The van der Waals surface area contributed by atoms with E-state index in [1.807, 2.05) is 0 Å². The van der Waals surface area contributed by atoms with Crippen LogP contribution in [0.1, 0.15) is 26.2 Å². The number of nitrogens with zero attached hydrogens (tertiary/aromatic N) is 1. The summed E-state index contributed by atoms with van der Waals surface area (Å²) >= 11 is 0. The Bertz CT molecular complexity index is 248. The van der Waals surface area contributed by atoms with Gasteiger partial charge in [0.1, 0.15) is 0 Å². The van der Waals surface area contributed by atoms with E-state index in [0.717, 1.165) is 25.9 Å². The van der Waals surface area contributed by atoms with E-state index in [9.17, 15) is 9.90 Å². The number of hydrogen-bond acceptors (Lipinski definition) is 4. The Morgan fingerprint density at radius 3 is 2.67 bits per heavy atom. The molecule has 0 aromatic carbocycles. The van der Waals surface area contributed by atoms with Gasteiger partial charge in [0.25, 0.3) is 0 Å². The first kappa shape index (κ1) is 10.9. The minimum atomic E-state index is -0.831. The largest absolute Gasteiger partial charge is 0.466 e. The normalized spacial score (nSPS) is 39.1. The molecule has 1 N–H and O–H groups in total. The first-order valence-corrected chi connectivity index (χ1v) is 5.74. The smallest absolute Gasteiger partial charge is 0.308 e. The highest BCUT2D eigenvalue weighted by atomic mass is 16.5. The van der Waals surface area contributed by atoms with Gasteiger partial charge in [0.2, 0.25) is 0 Å². The molecule has 3 fully saturated rings. The zero-order valence-corrected chi connectivity index (χ0v) is 9.24. The molecular formula is C11H19NO3. The van der Waals surface area contributed by atoms with Crippen molar-refractivity contribution < 1.29 is 14.6 Å². The van der Waals surface area contributed by atoms with Gasteiger partial charge in [-0.05, 0) is 38.8 Å². The van der Waals surface area contributed by atoms with Gasteiger partial charge in [-0.1, -0.05) is 0 Å². The van der Waals surface area contributed by atoms with Crippen LogP contribution in [-0.2, 0) is 9.53 Å². The molecule has 3 heterocycles. The molecule has 3 rings (SSSR count). The van der Waals surface area contributed by atoms with E-state index in [4.69, 9.17) is 4.74 Å². The fraction of sp³-hybridized carbons (Fsp3) is 0.909. The Hall–Kier alpha value is -0.610. The van der Waals surface area contributed by atoms with Crippen molar-refractivity contribution >= 4 is 5.97 Å². The van der Waals surface area contributed by atoms with Crippen LogP contribution in [0.25, 0.3) is 0 Å². The molecule has 0 radical (unpaired) electrons. The number of esters is 1. The second kappa shape index (κ2) is 4.10. The summed E-state index contributed by atoms with van der Waals surface area (Å²) < 4.78 is 4.90. The number of carbonyl (C=O) groups is 1. The van der Waals surface area contributed by atoms with Gasteiger partial charge in [0, 0.05) is 6.54 Å². The van der Waals surface area contributed by atoms with E-state index in [1.54, 1.807) is 6.92 Å². The van der Waals surface area contributed by atoms with Crippen LogP contribution < -0.4 is 0 Å². The average molecular weight is 213 g/mol. The Morgan fingerprint density at radius 2 is 2.20 bits per heavy atom. The summed E-state index contributed by atoms with van der Waals surface area (Å²) in [7, 11) is 0. The predicted octanol–water partition coefficient (Wildman–Crippen LogP) is 0.396. The van der Waals surface area contributed by atoms with Crippen LogP contribution in [0.4, 0.5) is 0 Å². The van der Waals surface area contributed by atoms with Crippen LogP contribution in [0.3, 0.4) is 0 Å². The molecule has 3 aliphatic rings. The highest BCUT2D eigenvalue weighted by Crippen LogP contribution is 2.37. The van der Waals surface area contributed by atoms with Crippen molar-refractivity contribution in [3.63, 3.8) is 0 Å². The van der Waals surface area contributed by atoms with Gasteiger partial charge >= 0.3 is 5.97 Å². The molecule has 15 heavy (non-hydrogen) atoms. The zero-order chi connectivity index (χ0) is 10.9.